The van der Waals surface area contributed by atoms with Gasteiger partial charge >= 0.3 is 40.5 Å². The van der Waals surface area contributed by atoms with Crippen LogP contribution in [-0.4, -0.2) is 34.6 Å². The van der Waals surface area contributed by atoms with Gasteiger partial charge in [-0.2, -0.15) is 57.1 Å². The summed E-state index contributed by atoms with van der Waals surface area (Å²) in [6, 6.07) is 2.29. The number of benzene rings is 1. The Morgan fingerprint density at radius 3 is 1.38 bits per heavy atom. The molecule has 1 rings (SSSR count). The lowest BCUT2D eigenvalue weighted by molar-refractivity contribution is -0.468. The van der Waals surface area contributed by atoms with Gasteiger partial charge in [-0.05, 0) is 23.2 Å². The molecular weight excluding hydrogens is 490 g/mol. The van der Waals surface area contributed by atoms with Gasteiger partial charge in [-0.15, -0.1) is 0 Å². The SMILES string of the molecule is FC(F)(Cl)C(F)(Cl)OC(F)(F)C(F)(F)C(F)(F)C(F)(F)C(F)(F)c1ccccc1. The summed E-state index contributed by atoms with van der Waals surface area (Å²) in [6.45, 7) is 0. The van der Waals surface area contributed by atoms with Crippen molar-refractivity contribution in [1.82, 2.24) is 0 Å². The third kappa shape index (κ3) is 4.07. The molecule has 0 aliphatic heterocycles. The minimum absolute atomic E-state index is 0.0795. The highest BCUT2D eigenvalue weighted by atomic mass is 35.5. The summed E-state index contributed by atoms with van der Waals surface area (Å²) in [5.74, 6) is -28.9. The van der Waals surface area contributed by atoms with Crippen LogP contribution in [0.2, 0.25) is 0 Å². The molecule has 0 bridgehead atoms. The Balaban J connectivity index is 3.47. The van der Waals surface area contributed by atoms with Crippen LogP contribution >= 0.6 is 23.2 Å². The molecule has 1 aromatic carbocycles. The minimum Gasteiger partial charge on any atom is -0.258 e. The Morgan fingerprint density at radius 2 is 1.00 bits per heavy atom. The number of hydrogen-bond donors (Lipinski definition) is 0. The largest absolute Gasteiger partial charge is 0.429 e. The zero-order valence-electron chi connectivity index (χ0n) is 13.0. The topological polar surface area (TPSA) is 9.23 Å². The summed E-state index contributed by atoms with van der Waals surface area (Å²) in [4.78, 5) is 0. The molecule has 0 heterocycles. The Labute approximate surface area is 162 Å². The van der Waals surface area contributed by atoms with E-state index in [4.69, 9.17) is 0 Å². The Hall–Kier alpha value is -1.15. The number of ether oxygens (including phenoxy) is 1. The molecule has 1 atom stereocenters. The van der Waals surface area contributed by atoms with Gasteiger partial charge in [0, 0.05) is 5.56 Å². The van der Waals surface area contributed by atoms with E-state index >= 15 is 0 Å². The molecule has 0 fully saturated rings. The van der Waals surface area contributed by atoms with Crippen molar-refractivity contribution < 1.29 is 61.8 Å². The Kier molecular flexibility index (Phi) is 6.44. The van der Waals surface area contributed by atoms with Gasteiger partial charge in [0.05, 0.1) is 0 Å². The molecule has 1 unspecified atom stereocenters. The lowest BCUT2D eigenvalue weighted by Gasteiger charge is -2.40. The van der Waals surface area contributed by atoms with E-state index in [9.17, 15) is 57.1 Å². The van der Waals surface area contributed by atoms with E-state index in [1.807, 2.05) is 4.74 Å². The standard InChI is InChI=1S/C13H5Cl2F13O/c14-11(24,25)12(15,26)29-13(27,28)10(22,23)9(20,21)8(18,19)7(16,17)6-4-2-1-3-5-6/h1-5H. The third-order valence-electron chi connectivity index (χ3n) is 3.27. The van der Waals surface area contributed by atoms with Crippen LogP contribution in [0.25, 0.3) is 0 Å². The second-order valence-corrected chi connectivity index (χ2v) is 6.26. The molecule has 168 valence electrons. The van der Waals surface area contributed by atoms with Crippen LogP contribution in [-0.2, 0) is 10.7 Å². The number of alkyl halides is 15. The fourth-order valence-electron chi connectivity index (χ4n) is 1.69. The van der Waals surface area contributed by atoms with Gasteiger partial charge in [-0.25, -0.2) is 0 Å². The highest BCUT2D eigenvalue weighted by Crippen LogP contribution is 2.61. The molecule has 1 nitrogen and oxygen atoms in total. The lowest BCUT2D eigenvalue weighted by atomic mass is 9.93. The Morgan fingerprint density at radius 1 is 0.586 bits per heavy atom. The van der Waals surface area contributed by atoms with Crippen LogP contribution in [0.1, 0.15) is 5.56 Å². The zero-order valence-corrected chi connectivity index (χ0v) is 14.5. The van der Waals surface area contributed by atoms with Gasteiger partial charge in [-0.1, -0.05) is 30.3 Å². The summed E-state index contributed by atoms with van der Waals surface area (Å²) in [5, 5.41) is -11.6. The lowest BCUT2D eigenvalue weighted by Crippen LogP contribution is -2.68. The van der Waals surface area contributed by atoms with E-state index in [1.54, 1.807) is 0 Å². The van der Waals surface area contributed by atoms with Crippen molar-refractivity contribution in [3.63, 3.8) is 0 Å². The highest BCUT2D eigenvalue weighted by Gasteiger charge is 2.88. The molecule has 0 amide bonds. The summed E-state index contributed by atoms with van der Waals surface area (Å²) >= 11 is 7.83. The predicted octanol–water partition coefficient (Wildman–Crippen LogP) is 6.99. The zero-order chi connectivity index (χ0) is 23.3. The average Bonchev–Trinajstić information content (AvgIpc) is 2.52. The van der Waals surface area contributed by atoms with Crippen LogP contribution in [0.15, 0.2) is 30.3 Å². The van der Waals surface area contributed by atoms with E-state index in [0.717, 1.165) is 6.07 Å². The maximum absolute atomic E-state index is 13.8. The molecule has 0 aliphatic carbocycles. The minimum atomic E-state index is -7.70. The van der Waals surface area contributed by atoms with Crippen LogP contribution in [0.4, 0.5) is 57.1 Å². The van der Waals surface area contributed by atoms with Crippen molar-refractivity contribution in [2.24, 2.45) is 0 Å². The van der Waals surface area contributed by atoms with Crippen LogP contribution in [0.5, 0.6) is 0 Å². The summed E-state index contributed by atoms with van der Waals surface area (Å²) in [7, 11) is 0. The van der Waals surface area contributed by atoms with E-state index in [1.165, 1.54) is 0 Å². The Bertz CT molecular complexity index is 715. The van der Waals surface area contributed by atoms with Crippen molar-refractivity contribution >= 4 is 23.2 Å². The maximum Gasteiger partial charge on any atom is 0.429 e. The molecule has 29 heavy (non-hydrogen) atoms. The first kappa shape index (κ1) is 25.9. The van der Waals surface area contributed by atoms with E-state index in [2.05, 4.69) is 23.2 Å². The first-order valence-electron chi connectivity index (χ1n) is 6.65. The van der Waals surface area contributed by atoms with Gasteiger partial charge in [0.25, 0.3) is 0 Å². The van der Waals surface area contributed by atoms with Crippen molar-refractivity contribution in [2.75, 3.05) is 0 Å². The van der Waals surface area contributed by atoms with Crippen LogP contribution < -0.4 is 0 Å². The average molecular weight is 495 g/mol. The number of hydrogen-bond acceptors (Lipinski definition) is 1. The van der Waals surface area contributed by atoms with E-state index < -0.39 is 46.1 Å². The predicted molar refractivity (Wildman–Crippen MR) is 71.7 cm³/mol. The summed E-state index contributed by atoms with van der Waals surface area (Å²) < 4.78 is 176. The van der Waals surface area contributed by atoms with Gasteiger partial charge in [0.15, 0.2) is 0 Å². The molecule has 0 aliphatic rings. The van der Waals surface area contributed by atoms with Crippen molar-refractivity contribution in [3.8, 4) is 0 Å². The fourth-order valence-corrected chi connectivity index (χ4v) is 1.82. The van der Waals surface area contributed by atoms with Gasteiger partial charge in [0.2, 0.25) is 0 Å². The molecular formula is C13H5Cl2F13O. The molecule has 1 aromatic rings. The molecule has 0 saturated heterocycles. The van der Waals surface area contributed by atoms with Gasteiger partial charge in [0.1, 0.15) is 0 Å². The maximum atomic E-state index is 13.8. The normalized spacial score (nSPS) is 17.2. The molecule has 0 aromatic heterocycles. The quantitative estimate of drug-likeness (QED) is 0.279. The van der Waals surface area contributed by atoms with Crippen molar-refractivity contribution in [1.29, 1.82) is 0 Å². The van der Waals surface area contributed by atoms with Gasteiger partial charge in [-0.3, -0.25) is 4.74 Å². The summed E-state index contributed by atoms with van der Waals surface area (Å²) in [5.41, 5.74) is -1.99. The van der Waals surface area contributed by atoms with E-state index in [0.29, 0.717) is 12.1 Å². The molecule has 0 saturated carbocycles. The molecule has 16 heteroatoms. The number of rotatable bonds is 8. The molecule has 0 spiro atoms. The third-order valence-corrected chi connectivity index (χ3v) is 3.93. The second kappa shape index (κ2) is 7.22. The second-order valence-electron chi connectivity index (χ2n) is 5.30. The number of halogens is 15. The summed E-state index contributed by atoms with van der Waals surface area (Å²) in [6.07, 6.45) is -7.28. The molecule has 0 N–H and O–H groups in total. The monoisotopic (exact) mass is 494 g/mol. The first-order valence-corrected chi connectivity index (χ1v) is 7.41. The smallest absolute Gasteiger partial charge is 0.258 e. The van der Waals surface area contributed by atoms with Crippen LogP contribution in [0, 0.1) is 0 Å². The van der Waals surface area contributed by atoms with E-state index in [-0.39, 0.29) is 12.1 Å². The van der Waals surface area contributed by atoms with Crippen molar-refractivity contribution in [2.45, 2.75) is 40.5 Å². The molecule has 0 radical (unpaired) electrons. The fraction of sp³-hybridized carbons (Fsp3) is 0.538. The van der Waals surface area contributed by atoms with Crippen LogP contribution in [0.3, 0.4) is 0 Å². The first-order chi connectivity index (χ1) is 12.6. The van der Waals surface area contributed by atoms with Gasteiger partial charge < -0.3 is 0 Å². The highest BCUT2D eigenvalue weighted by molar-refractivity contribution is 6.31. The van der Waals surface area contributed by atoms with Crippen molar-refractivity contribution in [3.05, 3.63) is 35.9 Å².